The average molecular weight is 510 g/mol. The topological polar surface area (TPSA) is 124 Å². The van der Waals surface area contributed by atoms with Gasteiger partial charge in [0, 0.05) is 25.4 Å². The Labute approximate surface area is 216 Å². The van der Waals surface area contributed by atoms with Gasteiger partial charge in [-0.1, -0.05) is 39.3 Å². The van der Waals surface area contributed by atoms with Crippen LogP contribution in [0.4, 0.5) is 0 Å². The van der Waals surface area contributed by atoms with Crippen molar-refractivity contribution in [3.05, 3.63) is 40.9 Å². The van der Waals surface area contributed by atoms with Gasteiger partial charge in [0.2, 0.25) is 11.8 Å². The van der Waals surface area contributed by atoms with Crippen molar-refractivity contribution in [2.24, 2.45) is 5.92 Å². The third kappa shape index (κ3) is 7.37. The van der Waals surface area contributed by atoms with Gasteiger partial charge in [-0.2, -0.15) is 5.26 Å². The third-order valence-electron chi connectivity index (χ3n) is 6.60. The maximum absolute atomic E-state index is 13.5. The molecule has 0 unspecified atom stereocenters. The molecule has 1 saturated carbocycles. The number of nitrogens with zero attached hydrogens (tertiary/aromatic N) is 2. The summed E-state index contributed by atoms with van der Waals surface area (Å²) in [5.74, 6) is -0.795. The molecule has 1 fully saturated rings. The first-order valence-corrected chi connectivity index (χ1v) is 13.5. The fraction of sp³-hybridized carbons (Fsp3) is 0.519. The lowest BCUT2D eigenvalue weighted by Crippen LogP contribution is -2.54. The Balaban J connectivity index is 1.77. The van der Waals surface area contributed by atoms with Crippen molar-refractivity contribution in [2.75, 3.05) is 6.54 Å². The largest absolute Gasteiger partial charge is 0.350 e. The van der Waals surface area contributed by atoms with E-state index in [9.17, 15) is 14.4 Å². The first-order valence-electron chi connectivity index (χ1n) is 12.7. The van der Waals surface area contributed by atoms with Crippen molar-refractivity contribution in [3.8, 4) is 6.07 Å². The first-order chi connectivity index (χ1) is 17.3. The number of aromatic nitrogens is 1. The number of amides is 3. The van der Waals surface area contributed by atoms with Crippen molar-refractivity contribution >= 4 is 39.3 Å². The van der Waals surface area contributed by atoms with Gasteiger partial charge in [0.1, 0.15) is 17.7 Å². The van der Waals surface area contributed by atoms with Crippen LogP contribution >= 0.6 is 11.3 Å². The number of nitrogens with one attached hydrogen (secondary N) is 3. The molecule has 2 atom stereocenters. The summed E-state index contributed by atoms with van der Waals surface area (Å²) in [5, 5.41) is 18.4. The number of nitriles is 1. The van der Waals surface area contributed by atoms with E-state index < -0.39 is 11.9 Å². The van der Waals surface area contributed by atoms with E-state index in [4.69, 9.17) is 10.2 Å². The van der Waals surface area contributed by atoms with Crippen molar-refractivity contribution < 1.29 is 14.4 Å². The van der Waals surface area contributed by atoms with Crippen LogP contribution < -0.4 is 16.0 Å². The number of carbonyl (C=O) groups excluding carboxylic acids is 3. The summed E-state index contributed by atoms with van der Waals surface area (Å²) in [4.78, 5) is 42.7. The second-order valence-electron chi connectivity index (χ2n) is 9.30. The van der Waals surface area contributed by atoms with Gasteiger partial charge in [-0.3, -0.25) is 14.4 Å². The zero-order valence-electron chi connectivity index (χ0n) is 21.1. The maximum atomic E-state index is 13.5. The molecule has 1 aliphatic rings. The Hall–Kier alpha value is -3.25. The number of aryl methyl sites for hydroxylation is 1. The maximum Gasteiger partial charge on any atom is 0.261 e. The van der Waals surface area contributed by atoms with Gasteiger partial charge in [-0.25, -0.2) is 4.98 Å². The lowest BCUT2D eigenvalue weighted by Gasteiger charge is -2.27. The predicted molar refractivity (Wildman–Crippen MR) is 141 cm³/mol. The summed E-state index contributed by atoms with van der Waals surface area (Å²) < 4.78 is 1.06. The molecule has 0 aliphatic heterocycles. The summed E-state index contributed by atoms with van der Waals surface area (Å²) in [6, 6.07) is 6.84. The normalized spacial score (nSPS) is 15.1. The summed E-state index contributed by atoms with van der Waals surface area (Å²) in [7, 11) is 0. The number of rotatable bonds is 12. The molecule has 0 radical (unpaired) electrons. The van der Waals surface area contributed by atoms with Gasteiger partial charge in [-0.05, 0) is 49.3 Å². The molecule has 1 aromatic carbocycles. The molecular formula is C27H35N5O3S. The molecule has 3 rings (SSSR count). The zero-order valence-corrected chi connectivity index (χ0v) is 21.9. The summed E-state index contributed by atoms with van der Waals surface area (Å²) >= 11 is 1.54. The van der Waals surface area contributed by atoms with Crippen LogP contribution in [0.25, 0.3) is 10.2 Å². The number of carbonyl (C=O) groups is 3. The summed E-state index contributed by atoms with van der Waals surface area (Å²) in [6.45, 7) is 7.67. The van der Waals surface area contributed by atoms with E-state index in [0.29, 0.717) is 12.8 Å². The van der Waals surface area contributed by atoms with Crippen LogP contribution in [0.5, 0.6) is 0 Å². The van der Waals surface area contributed by atoms with E-state index in [1.165, 1.54) is 16.9 Å². The number of benzene rings is 1. The Kier molecular flexibility index (Phi) is 10.00. The Morgan fingerprint density at radius 1 is 1.22 bits per heavy atom. The van der Waals surface area contributed by atoms with E-state index in [-0.39, 0.29) is 42.3 Å². The highest BCUT2D eigenvalue weighted by molar-refractivity contribution is 7.18. The van der Waals surface area contributed by atoms with Crippen molar-refractivity contribution in [1.29, 1.82) is 5.26 Å². The van der Waals surface area contributed by atoms with Crippen molar-refractivity contribution in [2.45, 2.75) is 77.3 Å². The zero-order chi connectivity index (χ0) is 26.1. The highest BCUT2D eigenvalue weighted by Crippen LogP contribution is 2.28. The van der Waals surface area contributed by atoms with Gasteiger partial charge in [0.05, 0.1) is 15.2 Å². The quantitative estimate of drug-likeness (QED) is 0.298. The van der Waals surface area contributed by atoms with Crippen LogP contribution in [-0.4, -0.2) is 41.3 Å². The van der Waals surface area contributed by atoms with Gasteiger partial charge < -0.3 is 16.0 Å². The summed E-state index contributed by atoms with van der Waals surface area (Å²) in [5.41, 5.74) is 1.94. The van der Waals surface area contributed by atoms with Gasteiger partial charge in [-0.15, -0.1) is 11.3 Å². The fourth-order valence-corrected chi connectivity index (χ4v) is 5.62. The minimum atomic E-state index is -0.774. The molecule has 2 aromatic rings. The standard InChI is InChI=1S/C27H35N5O3S/c1-4-8-24(33)30-21(14-25-31-20-12-11-18(5-2)13-23(20)36-25)27(35)32-22(19-9-6-7-10-19)16-29-26(34)17(3)15-28/h11-13,19,21-22H,3-10,14,16H2,1-2H3,(H,29,34)(H,30,33)(H,32,35)/t21-,22+/m0/s1. The molecule has 192 valence electrons. The molecule has 0 bridgehead atoms. The fourth-order valence-electron chi connectivity index (χ4n) is 4.54. The Bertz CT molecular complexity index is 1150. The van der Waals surface area contributed by atoms with Crippen molar-refractivity contribution in [3.63, 3.8) is 0 Å². The van der Waals surface area contributed by atoms with Gasteiger partial charge in [0.25, 0.3) is 5.91 Å². The third-order valence-corrected chi connectivity index (χ3v) is 7.64. The lowest BCUT2D eigenvalue weighted by atomic mass is 9.97. The van der Waals surface area contributed by atoms with Crippen LogP contribution in [-0.2, 0) is 27.2 Å². The van der Waals surface area contributed by atoms with Gasteiger partial charge in [0.15, 0.2) is 0 Å². The van der Waals surface area contributed by atoms with Crippen LogP contribution in [0.3, 0.4) is 0 Å². The van der Waals surface area contributed by atoms with Crippen LogP contribution in [0, 0.1) is 17.2 Å². The Morgan fingerprint density at radius 3 is 2.64 bits per heavy atom. The molecular weight excluding hydrogens is 474 g/mol. The van der Waals surface area contributed by atoms with Gasteiger partial charge >= 0.3 is 0 Å². The number of hydrogen-bond acceptors (Lipinski definition) is 6. The minimum Gasteiger partial charge on any atom is -0.350 e. The molecule has 0 spiro atoms. The Morgan fingerprint density at radius 2 is 1.97 bits per heavy atom. The van der Waals surface area contributed by atoms with E-state index in [1.807, 2.05) is 13.0 Å². The second kappa shape index (κ2) is 13.2. The molecule has 8 nitrogen and oxygen atoms in total. The van der Waals surface area contributed by atoms with Crippen LogP contribution in [0.1, 0.15) is 62.9 Å². The molecule has 1 heterocycles. The molecule has 3 amide bonds. The molecule has 3 N–H and O–H groups in total. The minimum absolute atomic E-state index is 0.168. The molecule has 1 aromatic heterocycles. The first kappa shape index (κ1) is 27.3. The van der Waals surface area contributed by atoms with Crippen molar-refractivity contribution in [1.82, 2.24) is 20.9 Å². The molecule has 36 heavy (non-hydrogen) atoms. The van der Waals surface area contributed by atoms with E-state index in [2.05, 4.69) is 41.6 Å². The molecule has 1 aliphatic carbocycles. The predicted octanol–water partition coefficient (Wildman–Crippen LogP) is 3.56. The van der Waals surface area contributed by atoms with Crippen LogP contribution in [0.15, 0.2) is 30.4 Å². The van der Waals surface area contributed by atoms with E-state index >= 15 is 0 Å². The number of fused-ring (bicyclic) bond motifs is 1. The second-order valence-corrected chi connectivity index (χ2v) is 10.4. The lowest BCUT2D eigenvalue weighted by molar-refractivity contribution is -0.129. The van der Waals surface area contributed by atoms with E-state index in [0.717, 1.165) is 47.3 Å². The molecule has 0 saturated heterocycles. The summed E-state index contributed by atoms with van der Waals surface area (Å²) in [6.07, 6.45) is 6.27. The highest BCUT2D eigenvalue weighted by atomic mass is 32.1. The average Bonchev–Trinajstić information content (AvgIpc) is 3.54. The number of thiazole rings is 1. The number of hydrogen-bond donors (Lipinski definition) is 3. The van der Waals surface area contributed by atoms with Crippen LogP contribution in [0.2, 0.25) is 0 Å². The monoisotopic (exact) mass is 509 g/mol. The SMILES string of the molecule is C=C(C#N)C(=O)NC[C@@H](NC(=O)[C@H](Cc1nc2ccc(CC)cc2s1)NC(=O)CCC)C1CCCC1. The molecule has 9 heteroatoms. The van der Waals surface area contributed by atoms with E-state index in [1.54, 1.807) is 6.07 Å². The highest BCUT2D eigenvalue weighted by Gasteiger charge is 2.30. The smallest absolute Gasteiger partial charge is 0.261 e.